The van der Waals surface area contributed by atoms with Gasteiger partial charge in [0.25, 0.3) is 0 Å². The van der Waals surface area contributed by atoms with Crippen LogP contribution in [-0.2, 0) is 18.3 Å². The van der Waals surface area contributed by atoms with Crippen molar-refractivity contribution in [2.75, 3.05) is 19.6 Å². The molecule has 0 saturated carbocycles. The molecular weight excluding hydrogens is 278 g/mol. The van der Waals surface area contributed by atoms with Gasteiger partial charge in [-0.1, -0.05) is 6.07 Å². The minimum atomic E-state index is -0.657. The summed E-state index contributed by atoms with van der Waals surface area (Å²) in [6.45, 7) is 4.62. The van der Waals surface area contributed by atoms with Gasteiger partial charge >= 0.3 is 5.97 Å². The van der Waals surface area contributed by atoms with Crippen LogP contribution in [0.1, 0.15) is 24.2 Å². The Morgan fingerprint density at radius 3 is 3.05 bits per heavy atom. The number of hydrogen-bond donors (Lipinski definition) is 1. The number of likely N-dealkylation sites (tertiary alicyclic amines) is 1. The van der Waals surface area contributed by atoms with E-state index in [1.165, 1.54) is 5.56 Å². The zero-order valence-electron chi connectivity index (χ0n) is 13.2. The van der Waals surface area contributed by atoms with Crippen LogP contribution in [0.3, 0.4) is 0 Å². The number of fused-ring (bicyclic) bond motifs is 1. The van der Waals surface area contributed by atoms with E-state index in [9.17, 15) is 4.79 Å². The summed E-state index contributed by atoms with van der Waals surface area (Å²) < 4.78 is 2.10. The third kappa shape index (κ3) is 2.99. The van der Waals surface area contributed by atoms with Gasteiger partial charge in [0.2, 0.25) is 0 Å². The molecule has 3 rings (SSSR count). The van der Waals surface area contributed by atoms with E-state index in [0.29, 0.717) is 6.54 Å². The highest BCUT2D eigenvalue weighted by Crippen LogP contribution is 2.19. The molecule has 1 saturated heterocycles. The molecule has 1 atom stereocenters. The number of aryl methyl sites for hydroxylation is 2. The maximum absolute atomic E-state index is 11.1. The summed E-state index contributed by atoms with van der Waals surface area (Å²) >= 11 is 0. The van der Waals surface area contributed by atoms with Crippen LogP contribution < -0.4 is 0 Å². The lowest BCUT2D eigenvalue weighted by molar-refractivity contribution is -0.143. The van der Waals surface area contributed by atoms with Gasteiger partial charge in [0.15, 0.2) is 0 Å². The summed E-state index contributed by atoms with van der Waals surface area (Å²) in [5, 5.41) is 9.15. The van der Waals surface area contributed by atoms with E-state index in [1.54, 1.807) is 0 Å². The van der Waals surface area contributed by atoms with Gasteiger partial charge in [-0.25, -0.2) is 4.98 Å². The second kappa shape index (κ2) is 6.08. The Bertz CT molecular complexity index is 693. The first-order valence-corrected chi connectivity index (χ1v) is 7.91. The number of piperidine rings is 1. The van der Waals surface area contributed by atoms with Crippen molar-refractivity contribution >= 4 is 17.0 Å². The molecule has 2 aromatic rings. The van der Waals surface area contributed by atoms with Crippen LogP contribution in [0.2, 0.25) is 0 Å². The number of aliphatic carboxylic acids is 1. The molecule has 0 bridgehead atoms. The van der Waals surface area contributed by atoms with Crippen molar-refractivity contribution in [1.29, 1.82) is 0 Å². The first kappa shape index (κ1) is 15.0. The molecule has 1 aliphatic rings. The van der Waals surface area contributed by atoms with Gasteiger partial charge in [-0.15, -0.1) is 0 Å². The Kier molecular flexibility index (Phi) is 4.16. The van der Waals surface area contributed by atoms with Crippen molar-refractivity contribution in [1.82, 2.24) is 14.5 Å². The Balaban J connectivity index is 1.65. The first-order valence-electron chi connectivity index (χ1n) is 7.91. The molecule has 2 heterocycles. The molecular formula is C17H23N3O2. The minimum absolute atomic E-state index is 0.199. The van der Waals surface area contributed by atoms with Crippen molar-refractivity contribution < 1.29 is 9.90 Å². The fourth-order valence-corrected chi connectivity index (χ4v) is 3.27. The SMILES string of the molecule is Cc1nc2cc(CCN3CCCC(C(=O)O)C3)ccc2n1C. The average molecular weight is 301 g/mol. The Morgan fingerprint density at radius 2 is 2.27 bits per heavy atom. The van der Waals surface area contributed by atoms with E-state index in [1.807, 2.05) is 14.0 Å². The lowest BCUT2D eigenvalue weighted by Crippen LogP contribution is -2.39. The summed E-state index contributed by atoms with van der Waals surface area (Å²) in [4.78, 5) is 18.0. The van der Waals surface area contributed by atoms with Gasteiger partial charge < -0.3 is 14.6 Å². The van der Waals surface area contributed by atoms with Gasteiger partial charge in [0.1, 0.15) is 5.82 Å². The largest absolute Gasteiger partial charge is 0.481 e. The molecule has 0 amide bonds. The summed E-state index contributed by atoms with van der Waals surface area (Å²) in [7, 11) is 2.03. The second-order valence-corrected chi connectivity index (χ2v) is 6.27. The lowest BCUT2D eigenvalue weighted by Gasteiger charge is -2.30. The summed E-state index contributed by atoms with van der Waals surface area (Å²) in [5.74, 6) is 0.164. The first-order chi connectivity index (χ1) is 10.5. The lowest BCUT2D eigenvalue weighted by atomic mass is 9.98. The van der Waals surface area contributed by atoms with Crippen LogP contribution in [0.25, 0.3) is 11.0 Å². The molecule has 1 fully saturated rings. The van der Waals surface area contributed by atoms with Gasteiger partial charge in [-0.05, 0) is 50.4 Å². The van der Waals surface area contributed by atoms with Crippen LogP contribution in [0.15, 0.2) is 18.2 Å². The number of nitrogens with zero attached hydrogens (tertiary/aromatic N) is 3. The molecule has 5 nitrogen and oxygen atoms in total. The van der Waals surface area contributed by atoms with Crippen LogP contribution in [0.4, 0.5) is 0 Å². The van der Waals surface area contributed by atoms with Crippen molar-refractivity contribution in [2.24, 2.45) is 13.0 Å². The zero-order chi connectivity index (χ0) is 15.7. The molecule has 1 aliphatic heterocycles. The van der Waals surface area contributed by atoms with Crippen molar-refractivity contribution in [2.45, 2.75) is 26.2 Å². The quantitative estimate of drug-likeness (QED) is 0.941. The second-order valence-electron chi connectivity index (χ2n) is 6.27. The number of benzene rings is 1. The third-order valence-corrected chi connectivity index (χ3v) is 4.74. The highest BCUT2D eigenvalue weighted by Gasteiger charge is 2.24. The molecule has 1 unspecified atom stereocenters. The van der Waals surface area contributed by atoms with Crippen LogP contribution >= 0.6 is 0 Å². The van der Waals surface area contributed by atoms with Gasteiger partial charge in [-0.2, -0.15) is 0 Å². The molecule has 1 N–H and O–H groups in total. The van der Waals surface area contributed by atoms with Crippen molar-refractivity contribution in [3.63, 3.8) is 0 Å². The Morgan fingerprint density at radius 1 is 1.45 bits per heavy atom. The Labute approximate surface area is 130 Å². The van der Waals surface area contributed by atoms with Gasteiger partial charge in [0.05, 0.1) is 17.0 Å². The molecule has 0 aliphatic carbocycles. The van der Waals surface area contributed by atoms with Crippen molar-refractivity contribution in [3.05, 3.63) is 29.6 Å². The van der Waals surface area contributed by atoms with Crippen LogP contribution in [0, 0.1) is 12.8 Å². The molecule has 1 aromatic carbocycles. The maximum atomic E-state index is 11.1. The summed E-state index contributed by atoms with van der Waals surface area (Å²) in [6.07, 6.45) is 2.73. The van der Waals surface area contributed by atoms with E-state index < -0.39 is 5.97 Å². The fraction of sp³-hybridized carbons (Fsp3) is 0.529. The smallest absolute Gasteiger partial charge is 0.307 e. The van der Waals surface area contributed by atoms with E-state index in [-0.39, 0.29) is 5.92 Å². The number of aromatic nitrogens is 2. The normalized spacial score (nSPS) is 19.6. The van der Waals surface area contributed by atoms with E-state index in [2.05, 4.69) is 32.7 Å². The van der Waals surface area contributed by atoms with Crippen LogP contribution in [-0.4, -0.2) is 45.2 Å². The highest BCUT2D eigenvalue weighted by atomic mass is 16.4. The monoisotopic (exact) mass is 301 g/mol. The fourth-order valence-electron chi connectivity index (χ4n) is 3.27. The molecule has 22 heavy (non-hydrogen) atoms. The third-order valence-electron chi connectivity index (χ3n) is 4.74. The zero-order valence-corrected chi connectivity index (χ0v) is 13.2. The van der Waals surface area contributed by atoms with E-state index in [4.69, 9.17) is 5.11 Å². The number of rotatable bonds is 4. The number of imidazole rings is 1. The topological polar surface area (TPSA) is 58.4 Å². The average Bonchev–Trinajstić information content (AvgIpc) is 2.80. The van der Waals surface area contributed by atoms with Crippen LogP contribution in [0.5, 0.6) is 0 Å². The summed E-state index contributed by atoms with van der Waals surface area (Å²) in [6, 6.07) is 6.43. The number of carbonyl (C=O) groups is 1. The van der Waals surface area contributed by atoms with E-state index in [0.717, 1.165) is 49.2 Å². The maximum Gasteiger partial charge on any atom is 0.307 e. The Hall–Kier alpha value is -1.88. The molecule has 0 radical (unpaired) electrons. The van der Waals surface area contributed by atoms with Crippen molar-refractivity contribution in [3.8, 4) is 0 Å². The summed E-state index contributed by atoms with van der Waals surface area (Å²) in [5.41, 5.74) is 3.47. The van der Waals surface area contributed by atoms with E-state index >= 15 is 0 Å². The standard InChI is InChI=1S/C17H23N3O2/c1-12-18-15-10-13(5-6-16(15)19(12)2)7-9-20-8-3-4-14(11-20)17(21)22/h5-6,10,14H,3-4,7-9,11H2,1-2H3,(H,21,22). The predicted molar refractivity (Wildman–Crippen MR) is 86.0 cm³/mol. The molecule has 1 aromatic heterocycles. The number of carboxylic acid groups (broad SMARTS) is 1. The molecule has 0 spiro atoms. The molecule has 118 valence electrons. The minimum Gasteiger partial charge on any atom is -0.481 e. The number of carboxylic acids is 1. The van der Waals surface area contributed by atoms with Gasteiger partial charge in [-0.3, -0.25) is 4.79 Å². The molecule has 5 heteroatoms. The predicted octanol–water partition coefficient (Wildman–Crippen LogP) is 2.22. The number of hydrogen-bond acceptors (Lipinski definition) is 3. The highest BCUT2D eigenvalue weighted by molar-refractivity contribution is 5.76. The van der Waals surface area contributed by atoms with Gasteiger partial charge in [0, 0.05) is 20.1 Å².